The van der Waals surface area contributed by atoms with Crippen LogP contribution in [0.15, 0.2) is 0 Å². The fourth-order valence-electron chi connectivity index (χ4n) is 6.72. The van der Waals surface area contributed by atoms with Crippen molar-refractivity contribution in [2.45, 2.75) is 232 Å². The minimum atomic E-state index is -4.62. The highest BCUT2D eigenvalue weighted by Gasteiger charge is 2.21. The molecule has 0 aromatic carbocycles. The largest absolute Gasteiger partial charge is 0.756 e. The number of likely N-dealkylation sites (N-methyl/N-ethyl adjacent to an activating group) is 1. The number of esters is 2. The van der Waals surface area contributed by atoms with Crippen LogP contribution >= 0.6 is 7.82 Å². The van der Waals surface area contributed by atoms with E-state index in [1.54, 1.807) is 0 Å². The van der Waals surface area contributed by atoms with Gasteiger partial charge >= 0.3 is 11.9 Å². The van der Waals surface area contributed by atoms with E-state index in [-0.39, 0.29) is 32.0 Å². The van der Waals surface area contributed by atoms with E-state index < -0.39 is 26.5 Å². The minimum Gasteiger partial charge on any atom is -0.756 e. The Hall–Kier alpha value is -0.990. The number of phosphoric ester groups is 1. The van der Waals surface area contributed by atoms with Crippen molar-refractivity contribution in [3.8, 4) is 0 Å². The lowest BCUT2D eigenvalue weighted by atomic mass is 10.0. The topological polar surface area (TPSA) is 111 Å². The predicted octanol–water partition coefficient (Wildman–Crippen LogP) is 12.6. The van der Waals surface area contributed by atoms with Crippen LogP contribution in [0.25, 0.3) is 0 Å². The second kappa shape index (κ2) is 38.5. The van der Waals surface area contributed by atoms with Crippen molar-refractivity contribution in [2.75, 3.05) is 47.5 Å². The smallest absolute Gasteiger partial charge is 0.306 e. The fourth-order valence-corrected chi connectivity index (χ4v) is 7.44. The van der Waals surface area contributed by atoms with E-state index >= 15 is 0 Å². The highest BCUT2D eigenvalue weighted by Crippen LogP contribution is 2.38. The number of nitrogens with zero attached hydrogens (tertiary/aromatic N) is 1. The molecule has 0 saturated heterocycles. The van der Waals surface area contributed by atoms with E-state index in [0.29, 0.717) is 17.4 Å². The van der Waals surface area contributed by atoms with Crippen molar-refractivity contribution in [3.05, 3.63) is 0 Å². The molecule has 0 amide bonds. The standard InChI is InChI=1S/C45H90NO8P/c1-6-8-10-12-14-16-18-20-21-22-23-24-26-27-29-31-33-35-37-44(47)51-41-43(42-53-55(49,50)52-40-39-46(3,4)5)54-45(48)38-36-34-32-30-28-25-19-17-15-13-11-9-7-2/h43H,6-42H2,1-5H3. The van der Waals surface area contributed by atoms with Gasteiger partial charge in [0.15, 0.2) is 6.10 Å². The molecule has 0 aliphatic rings. The van der Waals surface area contributed by atoms with Gasteiger partial charge in [0.25, 0.3) is 7.82 Å². The first-order chi connectivity index (χ1) is 26.5. The first-order valence-corrected chi connectivity index (χ1v) is 24.7. The van der Waals surface area contributed by atoms with Crippen LogP contribution in [0.5, 0.6) is 0 Å². The second-order valence-corrected chi connectivity index (χ2v) is 18.5. The Morgan fingerprint density at radius 3 is 1.16 bits per heavy atom. The molecule has 0 aliphatic carbocycles. The average Bonchev–Trinajstić information content (AvgIpc) is 3.13. The van der Waals surface area contributed by atoms with Gasteiger partial charge in [-0.05, 0) is 12.8 Å². The molecule has 0 fully saturated rings. The zero-order valence-electron chi connectivity index (χ0n) is 36.9. The van der Waals surface area contributed by atoms with Crippen LogP contribution in [0, 0.1) is 0 Å². The summed E-state index contributed by atoms with van der Waals surface area (Å²) in [5, 5.41) is 0. The molecule has 0 N–H and O–H groups in total. The van der Waals surface area contributed by atoms with Gasteiger partial charge in [0.05, 0.1) is 27.7 Å². The van der Waals surface area contributed by atoms with Crippen molar-refractivity contribution in [1.29, 1.82) is 0 Å². The number of unbranched alkanes of at least 4 members (excludes halogenated alkanes) is 29. The van der Waals surface area contributed by atoms with E-state index in [1.165, 1.54) is 161 Å². The first kappa shape index (κ1) is 54.0. The van der Waals surface area contributed by atoms with E-state index in [2.05, 4.69) is 13.8 Å². The van der Waals surface area contributed by atoms with E-state index in [4.69, 9.17) is 18.5 Å². The number of hydrogen-bond donors (Lipinski definition) is 0. The third kappa shape index (κ3) is 42.4. The van der Waals surface area contributed by atoms with Crippen LogP contribution in [0.2, 0.25) is 0 Å². The summed E-state index contributed by atoms with van der Waals surface area (Å²) in [7, 11) is 1.18. The maximum absolute atomic E-state index is 12.7. The number of ether oxygens (including phenoxy) is 2. The van der Waals surface area contributed by atoms with Gasteiger partial charge in [-0.25, -0.2) is 0 Å². The molecule has 0 aromatic rings. The lowest BCUT2D eigenvalue weighted by Gasteiger charge is -2.28. The fraction of sp³-hybridized carbons (Fsp3) is 0.956. The van der Waals surface area contributed by atoms with Gasteiger partial charge in [-0.15, -0.1) is 0 Å². The molecule has 0 aliphatic heterocycles. The molecule has 0 heterocycles. The zero-order valence-corrected chi connectivity index (χ0v) is 37.8. The predicted molar refractivity (Wildman–Crippen MR) is 227 cm³/mol. The molecule has 55 heavy (non-hydrogen) atoms. The molecule has 0 radical (unpaired) electrons. The molecule has 0 bridgehead atoms. The Morgan fingerprint density at radius 2 is 0.818 bits per heavy atom. The average molecular weight is 804 g/mol. The molecular weight excluding hydrogens is 713 g/mol. The van der Waals surface area contributed by atoms with Crippen LogP contribution < -0.4 is 4.89 Å². The number of quaternary nitrogens is 1. The van der Waals surface area contributed by atoms with Crippen LogP contribution in [0.4, 0.5) is 0 Å². The van der Waals surface area contributed by atoms with Crippen molar-refractivity contribution >= 4 is 19.8 Å². The molecule has 9 nitrogen and oxygen atoms in total. The van der Waals surface area contributed by atoms with Crippen LogP contribution in [0.1, 0.15) is 226 Å². The first-order valence-electron chi connectivity index (χ1n) is 23.2. The van der Waals surface area contributed by atoms with Gasteiger partial charge in [-0.1, -0.05) is 200 Å². The Kier molecular flexibility index (Phi) is 37.8. The summed E-state index contributed by atoms with van der Waals surface area (Å²) < 4.78 is 33.9. The lowest BCUT2D eigenvalue weighted by Crippen LogP contribution is -2.37. The van der Waals surface area contributed by atoms with Gasteiger partial charge in [0.1, 0.15) is 19.8 Å². The summed E-state index contributed by atoms with van der Waals surface area (Å²) >= 11 is 0. The SMILES string of the molecule is CCCCCCCCCCCCCCCCCCCCC(=O)OCC(COP(=O)([O-])OCC[N+](C)(C)C)OC(=O)CCCCCCCCCCCCCCC. The molecule has 0 rings (SSSR count). The number of hydrogen-bond acceptors (Lipinski definition) is 8. The molecule has 2 atom stereocenters. The summed E-state index contributed by atoms with van der Waals surface area (Å²) in [5.74, 6) is -0.818. The minimum absolute atomic E-state index is 0.0256. The Bertz CT molecular complexity index is 912. The zero-order chi connectivity index (χ0) is 40.7. The highest BCUT2D eigenvalue weighted by molar-refractivity contribution is 7.45. The Labute approximate surface area is 340 Å². The third-order valence-electron chi connectivity index (χ3n) is 10.4. The van der Waals surface area contributed by atoms with Crippen molar-refractivity contribution in [1.82, 2.24) is 0 Å². The highest BCUT2D eigenvalue weighted by atomic mass is 31.2. The summed E-state index contributed by atoms with van der Waals surface area (Å²) in [5.41, 5.74) is 0. The van der Waals surface area contributed by atoms with Crippen molar-refractivity contribution in [3.63, 3.8) is 0 Å². The monoisotopic (exact) mass is 804 g/mol. The van der Waals surface area contributed by atoms with E-state index in [1.807, 2.05) is 21.1 Å². The molecule has 0 spiro atoms. The van der Waals surface area contributed by atoms with Gasteiger partial charge in [-0.2, -0.15) is 0 Å². The number of rotatable bonds is 43. The normalized spacial score (nSPS) is 13.5. The third-order valence-corrected chi connectivity index (χ3v) is 11.3. The van der Waals surface area contributed by atoms with Crippen LogP contribution in [-0.2, 0) is 32.7 Å². The quantitative estimate of drug-likeness (QED) is 0.0259. The van der Waals surface area contributed by atoms with Gasteiger partial charge in [-0.3, -0.25) is 14.2 Å². The van der Waals surface area contributed by atoms with E-state index in [0.717, 1.165) is 32.1 Å². The molecule has 0 aromatic heterocycles. The number of carbonyl (C=O) groups is 2. The Morgan fingerprint density at radius 1 is 0.491 bits per heavy atom. The summed E-state index contributed by atoms with van der Waals surface area (Å²) in [6.07, 6.45) is 38.4. The van der Waals surface area contributed by atoms with Gasteiger partial charge in [0.2, 0.25) is 0 Å². The number of phosphoric acid groups is 1. The molecular formula is C45H90NO8P. The van der Waals surface area contributed by atoms with Crippen molar-refractivity contribution < 1.29 is 42.1 Å². The van der Waals surface area contributed by atoms with Crippen LogP contribution in [0.3, 0.4) is 0 Å². The molecule has 10 heteroatoms. The molecule has 0 saturated carbocycles. The Balaban J connectivity index is 4.25. The lowest BCUT2D eigenvalue weighted by molar-refractivity contribution is -0.870. The summed E-state index contributed by atoms with van der Waals surface area (Å²) in [4.78, 5) is 37.5. The number of carbonyl (C=O) groups excluding carboxylic acids is 2. The summed E-state index contributed by atoms with van der Waals surface area (Å²) in [6.45, 7) is 4.27. The van der Waals surface area contributed by atoms with Gasteiger partial charge < -0.3 is 27.9 Å². The maximum Gasteiger partial charge on any atom is 0.306 e. The van der Waals surface area contributed by atoms with Gasteiger partial charge in [0, 0.05) is 12.8 Å². The molecule has 328 valence electrons. The maximum atomic E-state index is 12.7. The second-order valence-electron chi connectivity index (χ2n) is 17.1. The van der Waals surface area contributed by atoms with Crippen molar-refractivity contribution in [2.24, 2.45) is 0 Å². The molecule has 2 unspecified atom stereocenters. The van der Waals surface area contributed by atoms with Crippen LogP contribution in [-0.4, -0.2) is 70.0 Å². The van der Waals surface area contributed by atoms with E-state index in [9.17, 15) is 19.0 Å². The summed E-state index contributed by atoms with van der Waals surface area (Å²) in [6, 6.07) is 0.